The normalized spacial score (nSPS) is 13.8. The Morgan fingerprint density at radius 2 is 1.55 bits per heavy atom. The van der Waals surface area contributed by atoms with Gasteiger partial charge in [0.15, 0.2) is 5.96 Å². The van der Waals surface area contributed by atoms with Gasteiger partial charge in [0.25, 0.3) is 0 Å². The van der Waals surface area contributed by atoms with E-state index in [1.807, 2.05) is 12.1 Å². The molecule has 40 heavy (non-hydrogen) atoms. The second kappa shape index (κ2) is 15.0. The van der Waals surface area contributed by atoms with E-state index >= 15 is 0 Å². The molecule has 0 bridgehead atoms. The van der Waals surface area contributed by atoms with Crippen LogP contribution >= 0.6 is 0 Å². The fraction of sp³-hybridized carbons (Fsp3) is 0.417. The first-order valence-electron chi connectivity index (χ1n) is 12.3. The fourth-order valence-corrected chi connectivity index (χ4v) is 3.79. The minimum absolute atomic E-state index is 0.0294. The van der Waals surface area contributed by atoms with Gasteiger partial charge in [-0.05, 0) is 24.5 Å². The highest BCUT2D eigenvalue weighted by Gasteiger charge is 2.30. The van der Waals surface area contributed by atoms with E-state index in [0.29, 0.717) is 5.56 Å². The zero-order chi connectivity index (χ0) is 29.8. The number of carbonyl (C=O) groups excluding carboxylic acids is 3. The number of nitrogens with zero attached hydrogens (tertiary/aromatic N) is 1. The first-order chi connectivity index (χ1) is 18.9. The number of fused-ring (bicyclic) bond motifs is 1. The number of aliphatic hydroxyl groups is 1. The van der Waals surface area contributed by atoms with Crippen molar-refractivity contribution in [3.8, 4) is 0 Å². The predicted octanol–water partition coefficient (Wildman–Crippen LogP) is -2.90. The van der Waals surface area contributed by atoms with E-state index < -0.39 is 66.9 Å². The number of guanidine groups is 1. The zero-order valence-electron chi connectivity index (χ0n) is 21.5. The minimum atomic E-state index is -1.57. The molecule has 0 saturated heterocycles. The molecule has 0 radical (unpaired) electrons. The van der Waals surface area contributed by atoms with Crippen molar-refractivity contribution in [2.45, 2.75) is 49.9 Å². The van der Waals surface area contributed by atoms with Crippen LogP contribution in [0.2, 0.25) is 0 Å². The highest BCUT2D eigenvalue weighted by Crippen LogP contribution is 2.19. The van der Waals surface area contributed by atoms with Crippen LogP contribution in [0.3, 0.4) is 0 Å². The van der Waals surface area contributed by atoms with Crippen molar-refractivity contribution in [2.24, 2.45) is 22.2 Å². The number of aromatic amines is 1. The molecule has 1 heterocycles. The third kappa shape index (κ3) is 9.55. The molecule has 0 aliphatic carbocycles. The molecule has 0 aliphatic rings. The number of carboxylic acids is 2. The molecule has 16 nitrogen and oxygen atoms in total. The molecule has 1 aromatic carbocycles. The number of carbonyl (C=O) groups is 5. The van der Waals surface area contributed by atoms with Crippen molar-refractivity contribution in [1.29, 1.82) is 0 Å². The van der Waals surface area contributed by atoms with Crippen molar-refractivity contribution in [2.75, 3.05) is 13.2 Å². The van der Waals surface area contributed by atoms with E-state index in [1.165, 1.54) is 0 Å². The highest BCUT2D eigenvalue weighted by atomic mass is 16.4. The second-order valence-corrected chi connectivity index (χ2v) is 8.92. The summed E-state index contributed by atoms with van der Waals surface area (Å²) in [7, 11) is 0. The van der Waals surface area contributed by atoms with Crippen molar-refractivity contribution in [1.82, 2.24) is 20.9 Å². The molecule has 3 amide bonds. The number of hydrogen-bond acceptors (Lipinski definition) is 8. The first kappa shape index (κ1) is 31.5. The minimum Gasteiger partial charge on any atom is -0.481 e. The van der Waals surface area contributed by atoms with Crippen LogP contribution in [0, 0.1) is 0 Å². The lowest BCUT2D eigenvalue weighted by molar-refractivity contribution is -0.142. The predicted molar refractivity (Wildman–Crippen MR) is 143 cm³/mol. The van der Waals surface area contributed by atoms with E-state index in [4.69, 9.17) is 22.3 Å². The van der Waals surface area contributed by atoms with Gasteiger partial charge in [-0.25, -0.2) is 4.79 Å². The summed E-state index contributed by atoms with van der Waals surface area (Å²) in [6.45, 7) is -0.790. The molecular weight excluding hydrogens is 528 g/mol. The Labute approximate surface area is 228 Å². The number of para-hydroxylation sites is 1. The van der Waals surface area contributed by atoms with Gasteiger partial charge in [0.05, 0.1) is 19.1 Å². The Kier molecular flexibility index (Phi) is 11.8. The molecule has 16 heteroatoms. The topological polar surface area (TPSA) is 288 Å². The number of H-pyrrole nitrogens is 1. The van der Waals surface area contributed by atoms with Gasteiger partial charge in [-0.3, -0.25) is 24.2 Å². The van der Waals surface area contributed by atoms with Crippen molar-refractivity contribution in [3.05, 3.63) is 36.0 Å². The standard InChI is InChI=1S/C24H34N8O8/c25-14(9-19(34)35)20(36)32-18(11-33)22(38)30-16(6-3-7-28-24(26)27)21(37)31-17(23(39)40)8-12-10-29-15-5-2-1-4-13(12)15/h1-2,4-5,10,14,16-18,29,33H,3,6-9,11,25H2,(H,30,38)(H,31,37)(H,32,36)(H,34,35)(H,39,40)(H4,26,27,28). The number of amides is 3. The number of rotatable bonds is 16. The number of hydrogen-bond donors (Lipinski definition) is 10. The molecule has 13 N–H and O–H groups in total. The van der Waals surface area contributed by atoms with Crippen molar-refractivity contribution in [3.63, 3.8) is 0 Å². The second-order valence-electron chi connectivity index (χ2n) is 8.92. The van der Waals surface area contributed by atoms with Gasteiger partial charge in [0.2, 0.25) is 17.7 Å². The first-order valence-corrected chi connectivity index (χ1v) is 12.3. The van der Waals surface area contributed by atoms with E-state index in [-0.39, 0.29) is 31.8 Å². The van der Waals surface area contributed by atoms with Gasteiger partial charge >= 0.3 is 11.9 Å². The number of benzene rings is 1. The summed E-state index contributed by atoms with van der Waals surface area (Å²) in [4.78, 5) is 67.8. The smallest absolute Gasteiger partial charge is 0.326 e. The molecule has 0 saturated carbocycles. The summed E-state index contributed by atoms with van der Waals surface area (Å²) in [6, 6.07) is 1.52. The Morgan fingerprint density at radius 3 is 2.17 bits per heavy atom. The van der Waals surface area contributed by atoms with Crippen LogP contribution in [-0.2, 0) is 30.4 Å². The number of nitrogens with two attached hydrogens (primary N) is 3. The van der Waals surface area contributed by atoms with Crippen LogP contribution in [0.5, 0.6) is 0 Å². The van der Waals surface area contributed by atoms with Crippen LogP contribution in [0.25, 0.3) is 10.9 Å². The Bertz CT molecular complexity index is 1240. The van der Waals surface area contributed by atoms with Crippen molar-refractivity contribution >= 4 is 46.5 Å². The molecule has 0 fully saturated rings. The van der Waals surface area contributed by atoms with Crippen LogP contribution in [0.1, 0.15) is 24.8 Å². The lowest BCUT2D eigenvalue weighted by Crippen LogP contribution is -2.58. The highest BCUT2D eigenvalue weighted by molar-refractivity contribution is 5.95. The van der Waals surface area contributed by atoms with Crippen LogP contribution in [0.4, 0.5) is 0 Å². The van der Waals surface area contributed by atoms with Crippen LogP contribution < -0.4 is 33.2 Å². The lowest BCUT2D eigenvalue weighted by atomic mass is 10.0. The molecule has 2 aromatic rings. The van der Waals surface area contributed by atoms with E-state index in [1.54, 1.807) is 18.3 Å². The third-order valence-corrected chi connectivity index (χ3v) is 5.84. The Morgan fingerprint density at radius 1 is 0.925 bits per heavy atom. The van der Waals surface area contributed by atoms with E-state index in [0.717, 1.165) is 10.9 Å². The summed E-state index contributed by atoms with van der Waals surface area (Å²) in [5, 5.41) is 35.9. The molecular formula is C24H34N8O8. The average molecular weight is 563 g/mol. The summed E-state index contributed by atoms with van der Waals surface area (Å²) >= 11 is 0. The molecule has 4 unspecified atom stereocenters. The zero-order valence-corrected chi connectivity index (χ0v) is 21.5. The van der Waals surface area contributed by atoms with Gasteiger partial charge < -0.3 is 53.5 Å². The summed E-state index contributed by atoms with van der Waals surface area (Å²) < 4.78 is 0. The number of aromatic nitrogens is 1. The summed E-state index contributed by atoms with van der Waals surface area (Å²) in [6.07, 6.45) is 1.05. The monoisotopic (exact) mass is 562 g/mol. The van der Waals surface area contributed by atoms with Gasteiger partial charge in [-0.2, -0.15) is 0 Å². The maximum atomic E-state index is 13.2. The molecule has 0 aliphatic heterocycles. The van der Waals surface area contributed by atoms with Crippen LogP contribution in [-0.4, -0.2) is 93.2 Å². The number of carboxylic acid groups (broad SMARTS) is 2. The number of aliphatic carboxylic acids is 2. The van der Waals surface area contributed by atoms with E-state index in [2.05, 4.69) is 25.9 Å². The van der Waals surface area contributed by atoms with Gasteiger partial charge in [-0.15, -0.1) is 0 Å². The molecule has 4 atom stereocenters. The van der Waals surface area contributed by atoms with E-state index in [9.17, 15) is 34.2 Å². The van der Waals surface area contributed by atoms with Gasteiger partial charge in [-0.1, -0.05) is 18.2 Å². The largest absolute Gasteiger partial charge is 0.481 e. The molecule has 218 valence electrons. The van der Waals surface area contributed by atoms with Gasteiger partial charge in [0, 0.05) is 30.1 Å². The van der Waals surface area contributed by atoms with Crippen molar-refractivity contribution < 1.29 is 39.3 Å². The summed E-state index contributed by atoms with van der Waals surface area (Å²) in [5.74, 6) is -5.66. The lowest BCUT2D eigenvalue weighted by Gasteiger charge is -2.24. The maximum absolute atomic E-state index is 13.2. The van der Waals surface area contributed by atoms with Crippen LogP contribution in [0.15, 0.2) is 35.5 Å². The fourth-order valence-electron chi connectivity index (χ4n) is 3.79. The Hall–Kier alpha value is -4.70. The average Bonchev–Trinajstić information content (AvgIpc) is 3.30. The SMILES string of the molecule is NC(N)=NCCCC(NC(=O)C(CO)NC(=O)C(N)CC(=O)O)C(=O)NC(Cc1c[nH]c2ccccc12)C(=O)O. The summed E-state index contributed by atoms with van der Waals surface area (Å²) in [5.41, 5.74) is 17.5. The third-order valence-electron chi connectivity index (χ3n) is 5.84. The Balaban J connectivity index is 2.16. The van der Waals surface area contributed by atoms with Gasteiger partial charge in [0.1, 0.15) is 18.1 Å². The number of aliphatic hydroxyl groups excluding tert-OH is 1. The molecule has 1 aromatic heterocycles. The number of aliphatic imine (C=N–C) groups is 1. The number of nitrogens with one attached hydrogen (secondary N) is 4. The quantitative estimate of drug-likeness (QED) is 0.0562. The molecule has 0 spiro atoms. The maximum Gasteiger partial charge on any atom is 0.326 e. The molecule has 2 rings (SSSR count).